The second kappa shape index (κ2) is 8.20. The van der Waals surface area contributed by atoms with Crippen molar-refractivity contribution >= 4 is 35.1 Å². The van der Waals surface area contributed by atoms with Gasteiger partial charge in [-0.1, -0.05) is 18.2 Å². The van der Waals surface area contributed by atoms with E-state index in [9.17, 15) is 19.2 Å². The van der Waals surface area contributed by atoms with Crippen LogP contribution in [-0.2, 0) is 19.1 Å². The van der Waals surface area contributed by atoms with Gasteiger partial charge in [0.25, 0.3) is 5.91 Å². The van der Waals surface area contributed by atoms with Crippen molar-refractivity contribution in [1.82, 2.24) is 0 Å². The molecule has 5 rings (SSSR count). The topological polar surface area (TPSA) is 102 Å². The first kappa shape index (κ1) is 20.9. The average molecular weight is 446 g/mol. The SMILES string of the molecule is COc1cccc(NC(=O)COC(=O)c2ccc(N3C(=O)[C@@H]4[C@@H](C3=O)[C@H]3C=C[C@H]4C3)cc2)c1. The van der Waals surface area contributed by atoms with Gasteiger partial charge in [0.15, 0.2) is 6.61 Å². The molecule has 4 atom stereocenters. The maximum Gasteiger partial charge on any atom is 0.338 e. The highest BCUT2D eigenvalue weighted by molar-refractivity contribution is 6.22. The molecule has 33 heavy (non-hydrogen) atoms. The molecule has 1 aliphatic heterocycles. The van der Waals surface area contributed by atoms with E-state index < -0.39 is 18.5 Å². The van der Waals surface area contributed by atoms with Crippen molar-refractivity contribution in [3.8, 4) is 5.75 Å². The summed E-state index contributed by atoms with van der Waals surface area (Å²) in [7, 11) is 1.52. The monoisotopic (exact) mass is 446 g/mol. The van der Waals surface area contributed by atoms with Crippen LogP contribution in [0.1, 0.15) is 16.8 Å². The molecule has 0 aromatic heterocycles. The van der Waals surface area contributed by atoms with E-state index >= 15 is 0 Å². The van der Waals surface area contributed by atoms with Crippen LogP contribution in [0.2, 0.25) is 0 Å². The summed E-state index contributed by atoms with van der Waals surface area (Å²) >= 11 is 0. The van der Waals surface area contributed by atoms with Crippen molar-refractivity contribution in [3.63, 3.8) is 0 Å². The molecule has 1 N–H and O–H groups in total. The second-order valence-corrected chi connectivity index (χ2v) is 8.41. The number of hydrogen-bond donors (Lipinski definition) is 1. The minimum Gasteiger partial charge on any atom is -0.497 e. The van der Waals surface area contributed by atoms with Crippen LogP contribution >= 0.6 is 0 Å². The zero-order valence-corrected chi connectivity index (χ0v) is 17.9. The third-order valence-electron chi connectivity index (χ3n) is 6.52. The predicted molar refractivity (Wildman–Crippen MR) is 119 cm³/mol. The van der Waals surface area contributed by atoms with Gasteiger partial charge in [-0.3, -0.25) is 19.3 Å². The van der Waals surface area contributed by atoms with E-state index in [-0.39, 0.29) is 41.0 Å². The number of nitrogens with one attached hydrogen (secondary N) is 1. The fourth-order valence-electron chi connectivity index (χ4n) is 5.02. The second-order valence-electron chi connectivity index (χ2n) is 8.41. The van der Waals surface area contributed by atoms with Gasteiger partial charge in [-0.05, 0) is 54.7 Å². The van der Waals surface area contributed by atoms with E-state index in [1.807, 2.05) is 12.2 Å². The molecule has 2 bridgehead atoms. The number of carbonyl (C=O) groups excluding carboxylic acids is 4. The Balaban J connectivity index is 1.19. The summed E-state index contributed by atoms with van der Waals surface area (Å²) in [5.74, 6) is -1.21. The van der Waals surface area contributed by atoms with Crippen LogP contribution in [0.25, 0.3) is 0 Å². The third kappa shape index (κ3) is 3.67. The normalized spacial score (nSPS) is 24.7. The molecule has 2 aromatic rings. The molecular formula is C25H22N2O6. The van der Waals surface area contributed by atoms with Crippen LogP contribution in [-0.4, -0.2) is 37.4 Å². The van der Waals surface area contributed by atoms with Crippen LogP contribution in [0.3, 0.4) is 0 Å². The van der Waals surface area contributed by atoms with E-state index in [4.69, 9.17) is 9.47 Å². The van der Waals surface area contributed by atoms with Crippen molar-refractivity contribution in [2.75, 3.05) is 23.9 Å². The number of hydrogen-bond acceptors (Lipinski definition) is 6. The number of anilines is 2. The molecule has 1 saturated carbocycles. The van der Waals surface area contributed by atoms with Crippen LogP contribution in [0, 0.1) is 23.7 Å². The Morgan fingerprint density at radius 1 is 1.00 bits per heavy atom. The number of nitrogens with zero attached hydrogens (tertiary/aromatic N) is 1. The average Bonchev–Trinajstić information content (AvgIpc) is 3.51. The highest BCUT2D eigenvalue weighted by Crippen LogP contribution is 2.53. The lowest BCUT2D eigenvalue weighted by atomic mass is 9.85. The van der Waals surface area contributed by atoms with Gasteiger partial charge in [-0.25, -0.2) is 4.79 Å². The third-order valence-corrected chi connectivity index (χ3v) is 6.52. The molecule has 8 nitrogen and oxygen atoms in total. The minimum atomic E-state index is -0.680. The zero-order valence-electron chi connectivity index (χ0n) is 17.9. The Kier molecular flexibility index (Phi) is 5.20. The Hall–Kier alpha value is -3.94. The molecule has 0 radical (unpaired) electrons. The van der Waals surface area contributed by atoms with E-state index in [0.717, 1.165) is 6.42 Å². The first-order valence-corrected chi connectivity index (χ1v) is 10.7. The summed E-state index contributed by atoms with van der Waals surface area (Å²) in [6.45, 7) is -0.458. The number of carbonyl (C=O) groups is 4. The van der Waals surface area contributed by atoms with Crippen molar-refractivity contribution < 1.29 is 28.7 Å². The number of rotatable bonds is 6. The number of ether oxygens (including phenoxy) is 2. The van der Waals surface area contributed by atoms with Crippen molar-refractivity contribution in [3.05, 3.63) is 66.2 Å². The summed E-state index contributed by atoms with van der Waals surface area (Å²) < 4.78 is 10.2. The van der Waals surface area contributed by atoms with Crippen molar-refractivity contribution in [2.45, 2.75) is 6.42 Å². The number of methoxy groups -OCH3 is 1. The summed E-state index contributed by atoms with van der Waals surface area (Å²) in [5.41, 5.74) is 1.17. The van der Waals surface area contributed by atoms with Gasteiger partial charge in [0.2, 0.25) is 11.8 Å². The molecule has 8 heteroatoms. The molecule has 3 aliphatic rings. The maximum absolute atomic E-state index is 12.9. The Bertz CT molecular complexity index is 1140. The Labute approximate surface area is 190 Å². The van der Waals surface area contributed by atoms with Crippen LogP contribution in [0.5, 0.6) is 5.75 Å². The van der Waals surface area contributed by atoms with Crippen LogP contribution in [0.15, 0.2) is 60.7 Å². The number of imide groups is 1. The number of amides is 3. The molecule has 1 saturated heterocycles. The highest BCUT2D eigenvalue weighted by atomic mass is 16.5. The minimum absolute atomic E-state index is 0.138. The van der Waals surface area contributed by atoms with Gasteiger partial charge in [0.1, 0.15) is 5.75 Å². The summed E-state index contributed by atoms with van der Waals surface area (Å²) in [4.78, 5) is 51.5. The fourth-order valence-corrected chi connectivity index (χ4v) is 5.02. The molecule has 2 aromatic carbocycles. The van der Waals surface area contributed by atoms with Gasteiger partial charge in [-0.2, -0.15) is 0 Å². The van der Waals surface area contributed by atoms with Gasteiger partial charge in [0.05, 0.1) is 30.2 Å². The number of allylic oxidation sites excluding steroid dienone is 2. The zero-order chi connectivity index (χ0) is 23.1. The van der Waals surface area contributed by atoms with Crippen LogP contribution in [0.4, 0.5) is 11.4 Å². The largest absolute Gasteiger partial charge is 0.497 e. The number of benzene rings is 2. The van der Waals surface area contributed by atoms with Gasteiger partial charge >= 0.3 is 5.97 Å². The van der Waals surface area contributed by atoms with Crippen molar-refractivity contribution in [2.24, 2.45) is 23.7 Å². The molecular weight excluding hydrogens is 424 g/mol. The predicted octanol–water partition coefficient (Wildman–Crippen LogP) is 2.80. The van der Waals surface area contributed by atoms with Gasteiger partial charge in [-0.15, -0.1) is 0 Å². The lowest BCUT2D eigenvalue weighted by molar-refractivity contribution is -0.123. The molecule has 0 unspecified atom stereocenters. The highest BCUT2D eigenvalue weighted by Gasteiger charge is 2.59. The van der Waals surface area contributed by atoms with E-state index in [0.29, 0.717) is 17.1 Å². The van der Waals surface area contributed by atoms with Crippen LogP contribution < -0.4 is 15.0 Å². The van der Waals surface area contributed by atoms with Gasteiger partial charge < -0.3 is 14.8 Å². The van der Waals surface area contributed by atoms with Gasteiger partial charge in [0, 0.05) is 11.8 Å². The van der Waals surface area contributed by atoms with Crippen molar-refractivity contribution in [1.29, 1.82) is 0 Å². The molecule has 1 heterocycles. The number of fused-ring (bicyclic) bond motifs is 5. The van der Waals surface area contributed by atoms with E-state index in [2.05, 4.69) is 5.32 Å². The standard InChI is InChI=1S/C25H22N2O6/c1-32-19-4-2-3-17(12-19)26-20(28)13-33-25(31)14-7-9-18(10-8-14)27-23(29)21-15-5-6-16(11-15)22(21)24(27)30/h2-10,12,15-16,21-22H,11,13H2,1H3,(H,26,28)/t15-,16-,21-,22-/m0/s1. The molecule has 168 valence electrons. The maximum atomic E-state index is 12.9. The first-order chi connectivity index (χ1) is 16.0. The molecule has 2 fully saturated rings. The lowest BCUT2D eigenvalue weighted by Gasteiger charge is -2.17. The number of esters is 1. The molecule has 3 amide bonds. The molecule has 0 spiro atoms. The summed E-state index contributed by atoms with van der Waals surface area (Å²) in [5, 5.41) is 2.63. The summed E-state index contributed by atoms with van der Waals surface area (Å²) in [6.07, 6.45) is 4.96. The van der Waals surface area contributed by atoms with E-state index in [1.54, 1.807) is 36.4 Å². The smallest absolute Gasteiger partial charge is 0.338 e. The Morgan fingerprint density at radius 2 is 1.67 bits per heavy atom. The summed E-state index contributed by atoms with van der Waals surface area (Å²) in [6, 6.07) is 12.9. The molecule has 2 aliphatic carbocycles. The fraction of sp³-hybridized carbons (Fsp3) is 0.280. The first-order valence-electron chi connectivity index (χ1n) is 10.7. The quantitative estimate of drug-likeness (QED) is 0.416. The Morgan fingerprint density at radius 3 is 2.30 bits per heavy atom. The van der Waals surface area contributed by atoms with E-state index in [1.165, 1.54) is 24.1 Å². The lowest BCUT2D eigenvalue weighted by Crippen LogP contribution is -2.32.